The molecule has 0 unspecified atom stereocenters. The average Bonchev–Trinajstić information content (AvgIpc) is 2.72. The summed E-state index contributed by atoms with van der Waals surface area (Å²) in [6, 6.07) is 18.4. The molecule has 0 aliphatic heterocycles. The lowest BCUT2D eigenvalue weighted by molar-refractivity contribution is -0.275. The summed E-state index contributed by atoms with van der Waals surface area (Å²) in [6.45, 7) is 3.72. The van der Waals surface area contributed by atoms with Crippen molar-refractivity contribution in [2.45, 2.75) is 19.2 Å². The van der Waals surface area contributed by atoms with Crippen LogP contribution in [0.3, 0.4) is 0 Å². The second kappa shape index (κ2) is 9.32. The summed E-state index contributed by atoms with van der Waals surface area (Å²) in [5, 5.41) is 0. The molecule has 0 aliphatic rings. The molecule has 5 heteroatoms. The minimum atomic E-state index is -4.94. The van der Waals surface area contributed by atoms with E-state index in [1.807, 2.05) is 30.3 Å². The van der Waals surface area contributed by atoms with Gasteiger partial charge in [-0.15, -0.1) is 19.8 Å². The van der Waals surface area contributed by atoms with E-state index in [1.54, 1.807) is 24.3 Å². The van der Waals surface area contributed by atoms with E-state index < -0.39 is 17.9 Å². The molecule has 0 spiro atoms. The molecule has 0 N–H and O–H groups in total. The molecule has 0 aliphatic carbocycles. The number of alkyl halides is 3. The first-order valence-corrected chi connectivity index (χ1v) is 9.21. The van der Waals surface area contributed by atoms with Crippen LogP contribution in [0.15, 0.2) is 79.4 Å². The van der Waals surface area contributed by atoms with Crippen molar-refractivity contribution in [3.8, 4) is 28.7 Å². The second-order valence-corrected chi connectivity index (χ2v) is 6.54. The van der Waals surface area contributed by atoms with Gasteiger partial charge in [0.05, 0.1) is 0 Å². The molecule has 0 atom stereocenters. The van der Waals surface area contributed by atoms with Gasteiger partial charge in [0, 0.05) is 11.1 Å². The summed E-state index contributed by atoms with van der Waals surface area (Å²) in [6.07, 6.45) is -1.17. The maximum atomic E-state index is 13.9. The Morgan fingerprint density at radius 2 is 1.40 bits per heavy atom. The summed E-state index contributed by atoms with van der Waals surface area (Å²) in [7, 11) is 0. The van der Waals surface area contributed by atoms with Crippen LogP contribution >= 0.6 is 0 Å². The van der Waals surface area contributed by atoms with Crippen LogP contribution in [0.1, 0.15) is 23.1 Å². The predicted octanol–water partition coefficient (Wildman–Crippen LogP) is 6.91. The summed E-state index contributed by atoms with van der Waals surface area (Å²) in [5.74, 6) is 4.22. The van der Waals surface area contributed by atoms with Gasteiger partial charge in [-0.2, -0.15) is 0 Å². The molecule has 0 fully saturated rings. The Morgan fingerprint density at radius 1 is 0.833 bits per heavy atom. The predicted molar refractivity (Wildman–Crippen MR) is 109 cm³/mol. The van der Waals surface area contributed by atoms with Crippen LogP contribution in [-0.4, -0.2) is 6.36 Å². The van der Waals surface area contributed by atoms with E-state index in [1.165, 1.54) is 11.6 Å². The Morgan fingerprint density at radius 3 is 1.93 bits per heavy atom. The van der Waals surface area contributed by atoms with E-state index in [4.69, 9.17) is 0 Å². The lowest BCUT2D eigenvalue weighted by Crippen LogP contribution is -2.17. The third-order valence-corrected chi connectivity index (χ3v) is 4.32. The summed E-state index contributed by atoms with van der Waals surface area (Å²) in [5.41, 5.74) is 3.99. The van der Waals surface area contributed by atoms with Gasteiger partial charge in [-0.25, -0.2) is 4.39 Å². The lowest BCUT2D eigenvalue weighted by Gasteiger charge is -2.10. The number of benzene rings is 3. The van der Waals surface area contributed by atoms with Crippen LogP contribution in [0, 0.1) is 17.7 Å². The fourth-order valence-corrected chi connectivity index (χ4v) is 2.80. The number of rotatable bonds is 5. The molecule has 0 saturated heterocycles. The van der Waals surface area contributed by atoms with Gasteiger partial charge in [0.25, 0.3) is 0 Å². The first-order chi connectivity index (χ1) is 14.3. The topological polar surface area (TPSA) is 9.23 Å². The molecule has 152 valence electrons. The molecule has 30 heavy (non-hydrogen) atoms. The Kier molecular flexibility index (Phi) is 6.58. The third kappa shape index (κ3) is 5.99. The van der Waals surface area contributed by atoms with E-state index in [-0.39, 0.29) is 0 Å². The zero-order chi connectivity index (χ0) is 21.6. The minimum Gasteiger partial charge on any atom is -0.403 e. The van der Waals surface area contributed by atoms with Crippen molar-refractivity contribution in [1.29, 1.82) is 0 Å². The van der Waals surface area contributed by atoms with Gasteiger partial charge in [0.15, 0.2) is 11.6 Å². The van der Waals surface area contributed by atoms with Crippen LogP contribution in [0.5, 0.6) is 5.75 Å². The van der Waals surface area contributed by atoms with Gasteiger partial charge in [0.2, 0.25) is 0 Å². The van der Waals surface area contributed by atoms with Crippen molar-refractivity contribution in [3.63, 3.8) is 0 Å². The number of ether oxygens (including phenoxy) is 1. The Bertz CT molecular complexity index is 1070. The highest BCUT2D eigenvalue weighted by Crippen LogP contribution is 2.29. The van der Waals surface area contributed by atoms with Gasteiger partial charge in [-0.05, 0) is 65.9 Å². The molecule has 0 aromatic heterocycles. The molecular formula is C25H18F4O. The minimum absolute atomic E-state index is 0.441. The molecule has 1 nitrogen and oxygen atoms in total. The largest absolute Gasteiger partial charge is 0.573 e. The molecular weight excluding hydrogens is 392 g/mol. The highest BCUT2D eigenvalue weighted by Gasteiger charge is 2.32. The zero-order valence-electron chi connectivity index (χ0n) is 16.0. The van der Waals surface area contributed by atoms with E-state index >= 15 is 0 Å². The fraction of sp³-hybridized carbons (Fsp3) is 0.120. The van der Waals surface area contributed by atoms with E-state index in [2.05, 4.69) is 23.2 Å². The highest BCUT2D eigenvalue weighted by molar-refractivity contribution is 5.65. The average molecular weight is 410 g/mol. The number of hydrogen-bond donors (Lipinski definition) is 0. The molecule has 0 amide bonds. The Hall–Kier alpha value is -3.52. The van der Waals surface area contributed by atoms with Crippen LogP contribution in [0.25, 0.3) is 11.1 Å². The fourth-order valence-electron chi connectivity index (χ4n) is 2.80. The van der Waals surface area contributed by atoms with Gasteiger partial charge in [-0.1, -0.05) is 48.2 Å². The van der Waals surface area contributed by atoms with Crippen molar-refractivity contribution in [2.24, 2.45) is 0 Å². The Balaban J connectivity index is 1.71. The van der Waals surface area contributed by atoms with Crippen LogP contribution in [0.2, 0.25) is 0 Å². The normalized spacial score (nSPS) is 10.8. The monoisotopic (exact) mass is 410 g/mol. The summed E-state index contributed by atoms with van der Waals surface area (Å²) in [4.78, 5) is 0. The van der Waals surface area contributed by atoms with E-state index in [9.17, 15) is 17.6 Å². The first-order valence-electron chi connectivity index (χ1n) is 9.21. The van der Waals surface area contributed by atoms with Crippen molar-refractivity contribution >= 4 is 0 Å². The SMILES string of the molecule is C=CCCc1ccc(C#Cc2ccc(-c3ccc(OC(F)(F)F)c(F)c3)cc2)cc1. The van der Waals surface area contributed by atoms with Crippen LogP contribution in [-0.2, 0) is 6.42 Å². The van der Waals surface area contributed by atoms with Gasteiger partial charge in [-0.3, -0.25) is 0 Å². The van der Waals surface area contributed by atoms with Gasteiger partial charge < -0.3 is 4.74 Å². The van der Waals surface area contributed by atoms with Gasteiger partial charge in [0.1, 0.15) is 0 Å². The molecule has 0 radical (unpaired) electrons. The number of hydrogen-bond acceptors (Lipinski definition) is 1. The lowest BCUT2D eigenvalue weighted by atomic mass is 10.0. The number of aryl methyl sites for hydroxylation is 1. The van der Waals surface area contributed by atoms with Crippen molar-refractivity contribution in [1.82, 2.24) is 0 Å². The maximum Gasteiger partial charge on any atom is 0.573 e. The molecule has 0 bridgehead atoms. The van der Waals surface area contributed by atoms with Gasteiger partial charge >= 0.3 is 6.36 Å². The quantitative estimate of drug-likeness (QED) is 0.252. The summed E-state index contributed by atoms with van der Waals surface area (Å²) >= 11 is 0. The Labute approximate surface area is 172 Å². The number of allylic oxidation sites excluding steroid dienone is 1. The molecule has 0 saturated carbocycles. The molecule has 3 aromatic rings. The molecule has 0 heterocycles. The van der Waals surface area contributed by atoms with Crippen LogP contribution in [0.4, 0.5) is 17.6 Å². The standard InChI is InChI=1S/C25H18F4O/c1-2-3-4-18-5-7-19(8-6-18)9-10-20-11-13-21(14-12-20)22-15-16-24(23(26)17-22)30-25(27,28)29/h2,5-8,11-17H,1,3-4H2. The number of halogens is 4. The first kappa shape index (κ1) is 21.2. The molecule has 3 aromatic carbocycles. The highest BCUT2D eigenvalue weighted by atomic mass is 19.4. The maximum absolute atomic E-state index is 13.9. The van der Waals surface area contributed by atoms with Crippen molar-refractivity contribution in [2.75, 3.05) is 0 Å². The van der Waals surface area contributed by atoms with E-state index in [0.717, 1.165) is 36.1 Å². The van der Waals surface area contributed by atoms with Crippen LogP contribution < -0.4 is 4.74 Å². The smallest absolute Gasteiger partial charge is 0.403 e. The van der Waals surface area contributed by atoms with Crippen molar-refractivity contribution < 1.29 is 22.3 Å². The molecule has 3 rings (SSSR count). The van der Waals surface area contributed by atoms with Crippen molar-refractivity contribution in [3.05, 3.63) is 102 Å². The van der Waals surface area contributed by atoms with E-state index in [0.29, 0.717) is 11.1 Å². The third-order valence-electron chi connectivity index (χ3n) is 4.32. The second-order valence-electron chi connectivity index (χ2n) is 6.54. The summed E-state index contributed by atoms with van der Waals surface area (Å²) < 4.78 is 54.3. The zero-order valence-corrected chi connectivity index (χ0v) is 16.0.